The molecule has 1 aromatic heterocycles. The number of piperidine rings is 1. The van der Waals surface area contributed by atoms with Gasteiger partial charge in [-0.25, -0.2) is 0 Å². The molecule has 32 heavy (non-hydrogen) atoms. The minimum absolute atomic E-state index is 0.0811. The number of hydrogen-bond acceptors (Lipinski definition) is 5. The summed E-state index contributed by atoms with van der Waals surface area (Å²) in [6.07, 6.45) is 2.52. The highest BCUT2D eigenvalue weighted by Crippen LogP contribution is 2.27. The monoisotopic (exact) mass is 441 g/mol. The Morgan fingerprint density at radius 1 is 1.09 bits per heavy atom. The van der Waals surface area contributed by atoms with Crippen LogP contribution in [0.25, 0.3) is 0 Å². The van der Waals surface area contributed by atoms with Crippen molar-refractivity contribution < 1.29 is 18.7 Å². The molecule has 2 aromatic rings. The van der Waals surface area contributed by atoms with E-state index in [4.69, 9.17) is 9.15 Å². The summed E-state index contributed by atoms with van der Waals surface area (Å²) in [4.78, 5) is 31.4. The second-order valence-corrected chi connectivity index (χ2v) is 8.83. The molecule has 0 unspecified atom stereocenters. The molecule has 0 bridgehead atoms. The molecule has 0 saturated carbocycles. The lowest BCUT2D eigenvalue weighted by Crippen LogP contribution is -2.50. The van der Waals surface area contributed by atoms with E-state index in [2.05, 4.69) is 12.1 Å². The maximum atomic E-state index is 12.9. The first-order chi connectivity index (χ1) is 15.4. The first-order valence-electron chi connectivity index (χ1n) is 11.2. The molecule has 3 rings (SSSR count). The van der Waals surface area contributed by atoms with Crippen molar-refractivity contribution in [2.24, 2.45) is 5.92 Å². The van der Waals surface area contributed by atoms with Crippen LogP contribution in [0.15, 0.2) is 46.9 Å². The molecule has 1 fully saturated rings. The Hall–Kier alpha value is -2.64. The largest absolute Gasteiger partial charge is 0.453 e. The summed E-state index contributed by atoms with van der Waals surface area (Å²) in [7, 11) is 7.33. The molecule has 7 nitrogen and oxygen atoms in total. The van der Waals surface area contributed by atoms with Gasteiger partial charge in [-0.15, -0.1) is 0 Å². The van der Waals surface area contributed by atoms with Crippen molar-refractivity contribution in [3.8, 4) is 0 Å². The van der Waals surface area contributed by atoms with Gasteiger partial charge in [0.2, 0.25) is 5.91 Å². The van der Waals surface area contributed by atoms with Crippen molar-refractivity contribution in [2.45, 2.75) is 31.9 Å². The molecule has 2 heterocycles. The molecule has 1 saturated heterocycles. The van der Waals surface area contributed by atoms with Crippen LogP contribution in [0.3, 0.4) is 0 Å². The number of carbonyl (C=O) groups is 2. The van der Waals surface area contributed by atoms with Gasteiger partial charge in [0.15, 0.2) is 5.76 Å². The standard InChI is InChI=1S/C25H35N3O4/c1-26(2)17-24(29)27(3)22(16-19-8-6-5-7-9-19)20-12-14-28(15-13-20)25(30)23-11-10-21(32-23)18-31-4/h5-11,20,22H,12-18H2,1-4H3/t22-/m0/s1. The van der Waals surface area contributed by atoms with Gasteiger partial charge in [-0.3, -0.25) is 9.59 Å². The maximum absolute atomic E-state index is 12.9. The van der Waals surface area contributed by atoms with Crippen molar-refractivity contribution in [3.63, 3.8) is 0 Å². The second kappa shape index (κ2) is 11.3. The summed E-state index contributed by atoms with van der Waals surface area (Å²) >= 11 is 0. The maximum Gasteiger partial charge on any atom is 0.289 e. The summed E-state index contributed by atoms with van der Waals surface area (Å²) in [5.41, 5.74) is 1.22. The highest BCUT2D eigenvalue weighted by atomic mass is 16.5. The fraction of sp³-hybridized carbons (Fsp3) is 0.520. The van der Waals surface area contributed by atoms with E-state index in [1.54, 1.807) is 19.2 Å². The van der Waals surface area contributed by atoms with E-state index in [-0.39, 0.29) is 17.9 Å². The van der Waals surface area contributed by atoms with Crippen molar-refractivity contribution in [1.29, 1.82) is 0 Å². The third-order valence-electron chi connectivity index (χ3n) is 6.16. The second-order valence-electron chi connectivity index (χ2n) is 8.83. The number of amides is 2. The predicted molar refractivity (Wildman–Crippen MR) is 123 cm³/mol. The Balaban J connectivity index is 1.67. The zero-order valence-corrected chi connectivity index (χ0v) is 19.6. The van der Waals surface area contributed by atoms with Gasteiger partial charge >= 0.3 is 0 Å². The van der Waals surface area contributed by atoms with Crippen LogP contribution >= 0.6 is 0 Å². The zero-order chi connectivity index (χ0) is 23.1. The van der Waals surface area contributed by atoms with Gasteiger partial charge in [0.05, 0.1) is 6.54 Å². The molecule has 1 aliphatic rings. The van der Waals surface area contributed by atoms with E-state index in [1.807, 2.05) is 54.0 Å². The fourth-order valence-corrected chi connectivity index (χ4v) is 4.40. The molecule has 174 valence electrons. The molecule has 2 amide bonds. The Bertz CT molecular complexity index is 872. The molecule has 1 aliphatic heterocycles. The summed E-state index contributed by atoms with van der Waals surface area (Å²) in [6, 6.07) is 13.9. The van der Waals surface area contributed by atoms with Crippen molar-refractivity contribution in [3.05, 3.63) is 59.5 Å². The van der Waals surface area contributed by atoms with Gasteiger partial charge in [0.1, 0.15) is 12.4 Å². The summed E-state index contributed by atoms with van der Waals surface area (Å²) < 4.78 is 10.7. The molecular weight excluding hydrogens is 406 g/mol. The van der Waals surface area contributed by atoms with Gasteiger partial charge in [-0.2, -0.15) is 0 Å². The first-order valence-corrected chi connectivity index (χ1v) is 11.2. The van der Waals surface area contributed by atoms with Crippen LogP contribution in [0.4, 0.5) is 0 Å². The van der Waals surface area contributed by atoms with Crippen LogP contribution in [0.1, 0.15) is 34.7 Å². The number of furan rings is 1. The Morgan fingerprint density at radius 2 is 1.78 bits per heavy atom. The number of benzene rings is 1. The molecular formula is C25H35N3O4. The van der Waals surface area contributed by atoms with E-state index >= 15 is 0 Å². The van der Waals surface area contributed by atoms with E-state index in [0.29, 0.717) is 43.7 Å². The number of hydrogen-bond donors (Lipinski definition) is 0. The van der Waals surface area contributed by atoms with Gasteiger partial charge < -0.3 is 23.9 Å². The van der Waals surface area contributed by atoms with Crippen LogP contribution < -0.4 is 0 Å². The number of ether oxygens (including phenoxy) is 1. The van der Waals surface area contributed by atoms with E-state index < -0.39 is 0 Å². The first kappa shape index (κ1) is 24.0. The SMILES string of the molecule is COCc1ccc(C(=O)N2CCC([C@H](Cc3ccccc3)N(C)C(=O)CN(C)C)CC2)o1. The summed E-state index contributed by atoms with van der Waals surface area (Å²) in [5, 5.41) is 0. The molecule has 0 spiro atoms. The molecule has 1 aromatic carbocycles. The topological polar surface area (TPSA) is 66.2 Å². The van der Waals surface area contributed by atoms with Crippen LogP contribution in [-0.2, 0) is 22.6 Å². The Morgan fingerprint density at radius 3 is 2.41 bits per heavy atom. The number of carbonyl (C=O) groups excluding carboxylic acids is 2. The van der Waals surface area contributed by atoms with E-state index in [1.165, 1.54) is 5.56 Å². The molecule has 7 heteroatoms. The highest BCUT2D eigenvalue weighted by molar-refractivity contribution is 5.91. The fourth-order valence-electron chi connectivity index (χ4n) is 4.40. The third kappa shape index (κ3) is 6.20. The van der Waals surface area contributed by atoms with Gasteiger partial charge in [0, 0.05) is 33.3 Å². The summed E-state index contributed by atoms with van der Waals surface area (Å²) in [6.45, 7) is 2.06. The third-order valence-corrected chi connectivity index (χ3v) is 6.16. The normalized spacial score (nSPS) is 15.7. The number of methoxy groups -OCH3 is 1. The quantitative estimate of drug-likeness (QED) is 0.599. The molecule has 1 atom stereocenters. The molecule has 0 aliphatic carbocycles. The summed E-state index contributed by atoms with van der Waals surface area (Å²) in [5.74, 6) is 1.37. The predicted octanol–water partition coefficient (Wildman–Crippen LogP) is 2.91. The number of nitrogens with zero attached hydrogens (tertiary/aromatic N) is 3. The highest BCUT2D eigenvalue weighted by Gasteiger charge is 2.33. The van der Waals surface area contributed by atoms with Crippen molar-refractivity contribution in [1.82, 2.24) is 14.7 Å². The Kier molecular flexibility index (Phi) is 8.47. The average Bonchev–Trinajstić information content (AvgIpc) is 3.26. The Labute approximate surface area is 190 Å². The van der Waals surface area contributed by atoms with Crippen LogP contribution in [0.5, 0.6) is 0 Å². The van der Waals surface area contributed by atoms with E-state index in [9.17, 15) is 9.59 Å². The van der Waals surface area contributed by atoms with Gasteiger partial charge in [-0.1, -0.05) is 30.3 Å². The molecule has 0 radical (unpaired) electrons. The van der Waals surface area contributed by atoms with Crippen LogP contribution in [0.2, 0.25) is 0 Å². The smallest absolute Gasteiger partial charge is 0.289 e. The van der Waals surface area contributed by atoms with Crippen LogP contribution in [0, 0.1) is 5.92 Å². The number of likely N-dealkylation sites (N-methyl/N-ethyl adjacent to an activating group) is 2. The van der Waals surface area contributed by atoms with Crippen molar-refractivity contribution in [2.75, 3.05) is 47.9 Å². The number of likely N-dealkylation sites (tertiary alicyclic amines) is 1. The van der Waals surface area contributed by atoms with Crippen molar-refractivity contribution >= 4 is 11.8 Å². The average molecular weight is 442 g/mol. The van der Waals surface area contributed by atoms with Gasteiger partial charge in [0.25, 0.3) is 5.91 Å². The van der Waals surface area contributed by atoms with E-state index in [0.717, 1.165) is 19.3 Å². The van der Waals surface area contributed by atoms with Gasteiger partial charge in [-0.05, 0) is 57.0 Å². The molecule has 0 N–H and O–H groups in total. The lowest BCUT2D eigenvalue weighted by atomic mass is 9.85. The lowest BCUT2D eigenvalue weighted by Gasteiger charge is -2.40. The zero-order valence-electron chi connectivity index (χ0n) is 19.6. The minimum Gasteiger partial charge on any atom is -0.453 e. The van der Waals surface area contributed by atoms with Crippen LogP contribution in [-0.4, -0.2) is 80.4 Å². The lowest BCUT2D eigenvalue weighted by molar-refractivity contribution is -0.134. The number of rotatable bonds is 9. The minimum atomic E-state index is -0.0811.